The molecule has 0 saturated carbocycles. The van der Waals surface area contributed by atoms with Gasteiger partial charge in [0.25, 0.3) is 5.97 Å². The second-order valence-corrected chi connectivity index (χ2v) is 20.7. The van der Waals surface area contributed by atoms with Crippen molar-refractivity contribution in [1.29, 1.82) is 0 Å². The highest BCUT2D eigenvalue weighted by Crippen LogP contribution is 2.23. The minimum Gasteiger partial charge on any atom is -0.508 e. The van der Waals surface area contributed by atoms with Crippen LogP contribution in [0.25, 0.3) is 32.7 Å². The van der Waals surface area contributed by atoms with E-state index in [0.717, 1.165) is 39.6 Å². The summed E-state index contributed by atoms with van der Waals surface area (Å²) in [5, 5.41) is 45.4. The second-order valence-electron chi connectivity index (χ2n) is 20.7. The first kappa shape index (κ1) is 63.9. The molecule has 0 aliphatic rings. The van der Waals surface area contributed by atoms with Crippen LogP contribution in [0.5, 0.6) is 5.75 Å². The molecule has 0 saturated heterocycles. The molecule has 0 bridgehead atoms. The Morgan fingerprint density at radius 1 is 0.518 bits per heavy atom. The molecule has 4 aromatic carbocycles. The summed E-state index contributed by atoms with van der Waals surface area (Å²) < 4.78 is 0. The number of H-pyrrole nitrogens is 3. The highest BCUT2D eigenvalue weighted by atomic mass is 16.4. The molecule has 7 atom stereocenters. The van der Waals surface area contributed by atoms with Crippen LogP contribution in [0, 0.1) is 5.92 Å². The van der Waals surface area contributed by atoms with Crippen LogP contribution in [-0.4, -0.2) is 138 Å². The van der Waals surface area contributed by atoms with Gasteiger partial charge in [0.1, 0.15) is 42.0 Å². The van der Waals surface area contributed by atoms with Crippen LogP contribution in [0.3, 0.4) is 0 Å². The first-order valence-corrected chi connectivity index (χ1v) is 27.2. The number of nitrogens with one attached hydrogen (secondary N) is 9. The number of para-hydroxylation sites is 3. The number of hydrogen-bond donors (Lipinski definition) is 16. The normalized spacial score (nSPS) is 13.6. The molecule has 0 radical (unpaired) electrons. The van der Waals surface area contributed by atoms with E-state index in [2.05, 4.69) is 51.8 Å². The Bertz CT molecular complexity index is 3530. The average Bonchev–Trinajstić information content (AvgIpc) is 3.66. The minimum atomic E-state index is -1.54. The number of rotatable bonds is 28. The standard InChI is InChI=1S/C57H68N14O10.C2H4O2/c1-30(2)49(71-55(80)47(25-34-29-65-42-15-8-5-12-38(34)42)69-52(77)44(22-31-17-19-35(72)20-18-31)67-51(76)39(58)26-48(73)74)56(81)70-46(24-33-28-64-41-14-7-4-11-37(33)41)54(79)68-45(23-32-27-63-40-13-6-3-10-36(32)40)53(78)66-43(50(59)75)16-9-21-62-57(60)61;1-2(3)4/h3-8,10-15,17-20,27-30,39,43-47,49,63-65,72H,9,16,21-26,58H2,1-2H3,(H2,59,75)(H,66,78)(H,67,76)(H,68,79)(H,69,77)(H,70,81)(H,71,80)(H,73,74)(H4,60,61,62);1H3,(H,3,4)/t39-,43-,44-,45+,46+,47+,49-;/m0./s1. The Labute approximate surface area is 487 Å². The quantitative estimate of drug-likeness (QED) is 0.0186. The van der Waals surface area contributed by atoms with Crippen molar-refractivity contribution in [3.05, 3.63) is 138 Å². The zero-order valence-corrected chi connectivity index (χ0v) is 47.0. The number of aliphatic imine (C=N–C) groups is 1. The number of carboxylic acid groups (broad SMARTS) is 2. The molecule has 0 aliphatic heterocycles. The molecule has 20 N–H and O–H groups in total. The van der Waals surface area contributed by atoms with E-state index in [1.54, 1.807) is 38.5 Å². The molecule has 0 aliphatic carbocycles. The predicted octanol–water partition coefficient (Wildman–Crippen LogP) is 1.10. The number of aromatic nitrogens is 3. The van der Waals surface area contributed by atoms with Gasteiger partial charge < -0.3 is 85.1 Å². The van der Waals surface area contributed by atoms with Gasteiger partial charge in [0.15, 0.2) is 5.96 Å². The largest absolute Gasteiger partial charge is 0.508 e. The molecule has 0 unspecified atom stereocenters. The molecule has 3 heterocycles. The first-order valence-electron chi connectivity index (χ1n) is 27.2. The predicted molar refractivity (Wildman–Crippen MR) is 317 cm³/mol. The van der Waals surface area contributed by atoms with E-state index >= 15 is 0 Å². The summed E-state index contributed by atoms with van der Waals surface area (Å²) in [6, 6.07) is 18.1. The molecule has 7 amide bonds. The van der Waals surface area contributed by atoms with E-state index in [0.29, 0.717) is 22.3 Å². The number of phenolic OH excluding ortho intramolecular Hbond substituents is 1. The maximum atomic E-state index is 15.0. The van der Waals surface area contributed by atoms with Crippen molar-refractivity contribution >= 4 is 92.0 Å². The maximum Gasteiger partial charge on any atom is 0.305 e. The molecular formula is C59H72N14O12. The Kier molecular flexibility index (Phi) is 22.7. The number of fused-ring (bicyclic) bond motifs is 3. The maximum absolute atomic E-state index is 15.0. The lowest BCUT2D eigenvalue weighted by Gasteiger charge is -2.29. The second kappa shape index (κ2) is 30.2. The van der Waals surface area contributed by atoms with Gasteiger partial charge in [-0.1, -0.05) is 80.6 Å². The molecule has 26 nitrogen and oxygen atoms in total. The smallest absolute Gasteiger partial charge is 0.305 e. The Hall–Kier alpha value is -10.2. The highest BCUT2D eigenvalue weighted by molar-refractivity contribution is 5.99. The summed E-state index contributed by atoms with van der Waals surface area (Å²) in [5.41, 5.74) is 27.2. The number of guanidine groups is 1. The number of nitrogens with zero attached hydrogens (tertiary/aromatic N) is 1. The minimum absolute atomic E-state index is 0.0614. The van der Waals surface area contributed by atoms with Crippen molar-refractivity contribution in [2.24, 2.45) is 33.8 Å². The number of benzene rings is 4. The fourth-order valence-electron chi connectivity index (χ4n) is 9.48. The van der Waals surface area contributed by atoms with E-state index in [1.807, 2.05) is 66.7 Å². The molecule has 26 heteroatoms. The molecule has 0 spiro atoms. The number of carboxylic acids is 2. The lowest BCUT2D eigenvalue weighted by atomic mass is 9.98. The number of aromatic hydroxyl groups is 1. The average molecular weight is 1170 g/mol. The third kappa shape index (κ3) is 18.6. The Morgan fingerprint density at radius 2 is 0.894 bits per heavy atom. The van der Waals surface area contributed by atoms with Gasteiger partial charge in [-0.3, -0.25) is 48.1 Å². The van der Waals surface area contributed by atoms with Crippen molar-refractivity contribution in [2.75, 3.05) is 6.54 Å². The molecule has 7 aromatic rings. The number of phenols is 1. The van der Waals surface area contributed by atoms with Gasteiger partial charge in [0.05, 0.1) is 12.5 Å². The summed E-state index contributed by atoms with van der Waals surface area (Å²) in [6.45, 7) is 4.58. The van der Waals surface area contributed by atoms with Gasteiger partial charge in [-0.2, -0.15) is 0 Å². The molecule has 0 fully saturated rings. The molecule has 7 rings (SSSR count). The van der Waals surface area contributed by atoms with Crippen LogP contribution in [0.2, 0.25) is 0 Å². The summed E-state index contributed by atoms with van der Waals surface area (Å²) in [6.07, 6.45) is 4.19. The van der Waals surface area contributed by atoms with Crippen molar-refractivity contribution in [3.63, 3.8) is 0 Å². The van der Waals surface area contributed by atoms with Gasteiger partial charge in [-0.15, -0.1) is 0 Å². The van der Waals surface area contributed by atoms with Crippen LogP contribution in [0.4, 0.5) is 0 Å². The molecule has 85 heavy (non-hydrogen) atoms. The highest BCUT2D eigenvalue weighted by Gasteiger charge is 2.36. The Balaban J connectivity index is 0.00000280. The molecular weight excluding hydrogens is 1100 g/mol. The summed E-state index contributed by atoms with van der Waals surface area (Å²) in [4.78, 5) is 134. The van der Waals surface area contributed by atoms with Crippen molar-refractivity contribution in [2.45, 2.75) is 108 Å². The zero-order valence-electron chi connectivity index (χ0n) is 47.0. The van der Waals surface area contributed by atoms with Gasteiger partial charge >= 0.3 is 5.97 Å². The lowest BCUT2D eigenvalue weighted by Crippen LogP contribution is -2.61. The van der Waals surface area contributed by atoms with Crippen molar-refractivity contribution < 1.29 is 58.5 Å². The van der Waals surface area contributed by atoms with E-state index in [-0.39, 0.29) is 56.8 Å². The van der Waals surface area contributed by atoms with Gasteiger partial charge in [0.2, 0.25) is 41.4 Å². The topological polar surface area (TPSA) is 450 Å². The number of primary amides is 1. The van der Waals surface area contributed by atoms with E-state index in [1.165, 1.54) is 24.3 Å². The van der Waals surface area contributed by atoms with Crippen LogP contribution in [-0.2, 0) is 68.8 Å². The lowest BCUT2D eigenvalue weighted by molar-refractivity contribution is -0.140. The van der Waals surface area contributed by atoms with Gasteiger partial charge in [0, 0.05) is 90.5 Å². The number of aliphatic carboxylic acids is 2. The Morgan fingerprint density at radius 3 is 1.29 bits per heavy atom. The number of nitrogens with two attached hydrogens (primary N) is 4. The summed E-state index contributed by atoms with van der Waals surface area (Å²) >= 11 is 0. The van der Waals surface area contributed by atoms with Crippen molar-refractivity contribution in [1.82, 2.24) is 46.9 Å². The third-order valence-corrected chi connectivity index (χ3v) is 13.8. The fourth-order valence-corrected chi connectivity index (χ4v) is 9.48. The van der Waals surface area contributed by atoms with E-state index < -0.39 is 108 Å². The first-order chi connectivity index (χ1) is 40.5. The summed E-state index contributed by atoms with van der Waals surface area (Å²) in [7, 11) is 0. The number of hydrogen-bond acceptors (Lipinski definition) is 12. The fraction of sp³-hybridized carbons (Fsp3) is 0.322. The number of carbonyl (C=O) groups is 9. The van der Waals surface area contributed by atoms with Gasteiger partial charge in [-0.25, -0.2) is 0 Å². The number of amides is 7. The molecule has 3 aromatic heterocycles. The third-order valence-electron chi connectivity index (χ3n) is 13.8. The van der Waals surface area contributed by atoms with Crippen LogP contribution >= 0.6 is 0 Å². The molecule has 450 valence electrons. The SMILES string of the molecule is CC(=O)O.CC(C)[C@H](NC(=O)[C@@H](Cc1c[nH]c2ccccc12)NC(=O)[C@H](Cc1ccc(O)cc1)NC(=O)[C@@H](N)CC(=O)O)C(=O)N[C@H](Cc1c[nH]c2ccccc12)C(=O)N[C@H](Cc1c[nH]c2ccccc12)C(=O)N[C@@H](CCCN=C(N)N)C(N)=O. The van der Waals surface area contributed by atoms with E-state index in [4.69, 9.17) is 32.8 Å². The zero-order chi connectivity index (χ0) is 61.9. The van der Waals surface area contributed by atoms with Crippen LogP contribution < -0.4 is 54.8 Å². The monoisotopic (exact) mass is 1170 g/mol. The number of aromatic amines is 3. The summed E-state index contributed by atoms with van der Waals surface area (Å²) in [5.74, 6) is -8.85. The van der Waals surface area contributed by atoms with Crippen molar-refractivity contribution in [3.8, 4) is 5.75 Å². The van der Waals surface area contributed by atoms with Gasteiger partial charge in [-0.05, 0) is 71.3 Å². The number of carbonyl (C=O) groups excluding carboxylic acids is 7. The van der Waals surface area contributed by atoms with Crippen LogP contribution in [0.1, 0.15) is 62.3 Å². The van der Waals surface area contributed by atoms with Crippen LogP contribution in [0.15, 0.2) is 121 Å². The van der Waals surface area contributed by atoms with E-state index in [9.17, 15) is 48.6 Å².